The summed E-state index contributed by atoms with van der Waals surface area (Å²) in [5.41, 5.74) is 4.69. The van der Waals surface area contributed by atoms with E-state index in [0.29, 0.717) is 6.42 Å². The molecule has 0 spiro atoms. The summed E-state index contributed by atoms with van der Waals surface area (Å²) in [6.07, 6.45) is 1.57. The highest BCUT2D eigenvalue weighted by Crippen LogP contribution is 2.39. The van der Waals surface area contributed by atoms with Crippen LogP contribution in [0.5, 0.6) is 5.75 Å². The van der Waals surface area contributed by atoms with Gasteiger partial charge in [-0.2, -0.15) is 4.37 Å². The minimum atomic E-state index is -0.122. The molecule has 0 saturated carbocycles. The summed E-state index contributed by atoms with van der Waals surface area (Å²) in [5, 5.41) is 4.27. The Morgan fingerprint density at radius 1 is 1.15 bits per heavy atom. The molecule has 1 amide bonds. The minimum absolute atomic E-state index is 0.118. The van der Waals surface area contributed by atoms with E-state index in [1.54, 1.807) is 18.6 Å². The third kappa shape index (κ3) is 4.32. The first-order chi connectivity index (χ1) is 15.8. The van der Waals surface area contributed by atoms with E-state index >= 15 is 0 Å². The fraction of sp³-hybridized carbons (Fsp3) is 0.462. The number of aryl methyl sites for hydroxylation is 1. The first-order valence-corrected chi connectivity index (χ1v) is 12.5. The summed E-state index contributed by atoms with van der Waals surface area (Å²) in [4.78, 5) is 17.0. The van der Waals surface area contributed by atoms with Crippen LogP contribution in [0.4, 0.5) is 11.5 Å². The number of piperazine rings is 1. The Labute approximate surface area is 199 Å². The number of carbonyl (C=O) groups excluding carboxylic acids is 1. The predicted molar refractivity (Wildman–Crippen MR) is 136 cm³/mol. The van der Waals surface area contributed by atoms with Crippen molar-refractivity contribution in [3.8, 4) is 5.75 Å². The molecule has 1 N–H and O–H groups in total. The van der Waals surface area contributed by atoms with Gasteiger partial charge in [0.15, 0.2) is 0 Å². The highest BCUT2D eigenvalue weighted by atomic mass is 32.1. The van der Waals surface area contributed by atoms with Crippen molar-refractivity contribution in [2.45, 2.75) is 39.0 Å². The van der Waals surface area contributed by atoms with Crippen molar-refractivity contribution in [3.05, 3.63) is 47.0 Å². The molecule has 3 aromatic rings. The van der Waals surface area contributed by atoms with Gasteiger partial charge in [-0.05, 0) is 59.8 Å². The Morgan fingerprint density at radius 3 is 2.70 bits per heavy atom. The molecule has 33 heavy (non-hydrogen) atoms. The zero-order chi connectivity index (χ0) is 23.2. The number of fused-ring (bicyclic) bond motifs is 2. The van der Waals surface area contributed by atoms with E-state index in [4.69, 9.17) is 9.11 Å². The molecule has 3 heterocycles. The molecule has 5 rings (SSSR count). The molecule has 0 unspecified atom stereocenters. The molecule has 0 aliphatic carbocycles. The largest absolute Gasteiger partial charge is 0.497 e. The molecule has 1 aromatic heterocycles. The number of aromatic nitrogens is 1. The topological polar surface area (TPSA) is 57.7 Å². The predicted octanol–water partition coefficient (Wildman–Crippen LogP) is 4.60. The third-order valence-corrected chi connectivity index (χ3v) is 7.85. The van der Waals surface area contributed by atoms with Gasteiger partial charge < -0.3 is 15.0 Å². The Morgan fingerprint density at radius 2 is 1.94 bits per heavy atom. The van der Waals surface area contributed by atoms with Crippen molar-refractivity contribution in [3.63, 3.8) is 0 Å². The van der Waals surface area contributed by atoms with E-state index in [0.717, 1.165) is 56.4 Å². The minimum Gasteiger partial charge on any atom is -0.497 e. The molecule has 0 radical (unpaired) electrons. The number of nitrogens with one attached hydrogen (secondary N) is 1. The first kappa shape index (κ1) is 22.2. The number of hydrogen-bond acceptors (Lipinski definition) is 6. The van der Waals surface area contributed by atoms with E-state index in [2.05, 4.69) is 60.2 Å². The summed E-state index contributed by atoms with van der Waals surface area (Å²) in [6.45, 7) is 11.5. The second-order valence-corrected chi connectivity index (χ2v) is 10.7. The van der Waals surface area contributed by atoms with Crippen LogP contribution in [0, 0.1) is 6.92 Å². The van der Waals surface area contributed by atoms with Crippen LogP contribution in [0.1, 0.15) is 37.0 Å². The van der Waals surface area contributed by atoms with Gasteiger partial charge in [0.05, 0.1) is 11.8 Å². The van der Waals surface area contributed by atoms with Crippen LogP contribution in [0.3, 0.4) is 0 Å². The van der Waals surface area contributed by atoms with Crippen LogP contribution in [-0.2, 0) is 16.6 Å². The summed E-state index contributed by atoms with van der Waals surface area (Å²) < 4.78 is 11.4. The van der Waals surface area contributed by atoms with Gasteiger partial charge in [-0.25, -0.2) is 0 Å². The summed E-state index contributed by atoms with van der Waals surface area (Å²) in [7, 11) is 1.71. The van der Waals surface area contributed by atoms with E-state index in [1.807, 2.05) is 6.07 Å². The fourth-order valence-electron chi connectivity index (χ4n) is 5.12. The number of benzene rings is 2. The van der Waals surface area contributed by atoms with E-state index in [-0.39, 0.29) is 11.3 Å². The van der Waals surface area contributed by atoms with Gasteiger partial charge in [0.1, 0.15) is 11.6 Å². The monoisotopic (exact) mass is 464 g/mol. The molecule has 6 nitrogen and oxygen atoms in total. The average molecular weight is 465 g/mol. The maximum absolute atomic E-state index is 12.1. The van der Waals surface area contributed by atoms with Crippen LogP contribution in [-0.4, -0.2) is 55.0 Å². The maximum Gasteiger partial charge on any atom is 0.225 e. The maximum atomic E-state index is 12.1. The van der Waals surface area contributed by atoms with Crippen molar-refractivity contribution in [1.82, 2.24) is 9.27 Å². The van der Waals surface area contributed by atoms with Crippen LogP contribution in [0.25, 0.3) is 10.1 Å². The van der Waals surface area contributed by atoms with E-state index < -0.39 is 0 Å². The molecule has 0 bridgehead atoms. The number of rotatable bonds is 5. The lowest BCUT2D eigenvalue weighted by Gasteiger charge is -2.35. The fourth-order valence-corrected chi connectivity index (χ4v) is 5.89. The molecule has 174 valence electrons. The third-order valence-electron chi connectivity index (χ3n) is 7.04. The lowest BCUT2D eigenvalue weighted by atomic mass is 9.76. The van der Waals surface area contributed by atoms with Gasteiger partial charge in [0.2, 0.25) is 5.91 Å². The number of anilines is 2. The van der Waals surface area contributed by atoms with E-state index in [9.17, 15) is 4.79 Å². The average Bonchev–Trinajstić information content (AvgIpc) is 3.21. The van der Waals surface area contributed by atoms with Gasteiger partial charge in [0.25, 0.3) is 0 Å². The lowest BCUT2D eigenvalue weighted by Crippen LogP contribution is -2.47. The van der Waals surface area contributed by atoms with Gasteiger partial charge in [-0.15, -0.1) is 0 Å². The van der Waals surface area contributed by atoms with E-state index in [1.165, 1.54) is 26.8 Å². The Balaban J connectivity index is 1.23. The highest BCUT2D eigenvalue weighted by molar-refractivity contribution is 7.13. The second kappa shape index (κ2) is 8.61. The number of methoxy groups -OCH3 is 1. The normalized spacial score (nSPS) is 18.3. The van der Waals surface area contributed by atoms with Crippen molar-refractivity contribution < 1.29 is 9.53 Å². The lowest BCUT2D eigenvalue weighted by molar-refractivity contribution is -0.117. The van der Waals surface area contributed by atoms with Gasteiger partial charge in [0, 0.05) is 55.6 Å². The van der Waals surface area contributed by atoms with Gasteiger partial charge >= 0.3 is 0 Å². The standard InChI is InChI=1S/C26H32N4O2S/c1-17-13-18(14-21-24(17)27-23(31)16-26(21,2)3)7-8-29-9-11-30(12-10-29)25-20-15-19(32-4)5-6-22(20)33-28-25/h5-6,13-15H,7-12,16H2,1-4H3,(H,27,31). The Kier molecular flexibility index (Phi) is 5.79. The van der Waals surface area contributed by atoms with Crippen molar-refractivity contribution in [2.24, 2.45) is 0 Å². The number of carbonyl (C=O) groups is 1. The molecule has 1 fully saturated rings. The molecule has 7 heteroatoms. The molecular formula is C26H32N4O2S. The van der Waals surface area contributed by atoms with Crippen molar-refractivity contribution >= 4 is 39.0 Å². The molecule has 2 aliphatic rings. The highest BCUT2D eigenvalue weighted by Gasteiger charge is 2.33. The summed E-state index contributed by atoms with van der Waals surface area (Å²) in [5.74, 6) is 2.08. The van der Waals surface area contributed by atoms with Gasteiger partial charge in [-0.3, -0.25) is 9.69 Å². The van der Waals surface area contributed by atoms with Crippen LogP contribution < -0.4 is 15.0 Å². The molecule has 2 aliphatic heterocycles. The molecule has 1 saturated heterocycles. The Hall–Kier alpha value is -2.64. The molecular weight excluding hydrogens is 432 g/mol. The van der Waals surface area contributed by atoms with Crippen LogP contribution in [0.2, 0.25) is 0 Å². The number of hydrogen-bond donors (Lipinski definition) is 1. The Bertz CT molecular complexity index is 1190. The smallest absolute Gasteiger partial charge is 0.225 e. The zero-order valence-corrected chi connectivity index (χ0v) is 20.7. The summed E-state index contributed by atoms with van der Waals surface area (Å²) >= 11 is 1.56. The quantitative estimate of drug-likeness (QED) is 0.598. The number of nitrogens with zero attached hydrogens (tertiary/aromatic N) is 3. The second-order valence-electron chi connectivity index (χ2n) is 9.89. The molecule has 0 atom stereocenters. The zero-order valence-electron chi connectivity index (χ0n) is 19.9. The van der Waals surface area contributed by atoms with Crippen molar-refractivity contribution in [2.75, 3.05) is 50.1 Å². The van der Waals surface area contributed by atoms with Crippen molar-refractivity contribution in [1.29, 1.82) is 0 Å². The van der Waals surface area contributed by atoms with Crippen LogP contribution >= 0.6 is 11.5 Å². The first-order valence-electron chi connectivity index (χ1n) is 11.7. The molecule has 2 aromatic carbocycles. The number of amides is 1. The SMILES string of the molecule is COc1ccc2snc(N3CCN(CCc4cc(C)c5c(c4)C(C)(C)CC(=O)N5)CC3)c2c1. The van der Waals surface area contributed by atoms with Crippen LogP contribution in [0.15, 0.2) is 30.3 Å². The summed E-state index contributed by atoms with van der Waals surface area (Å²) in [6, 6.07) is 10.7. The van der Waals surface area contributed by atoms with Gasteiger partial charge in [-0.1, -0.05) is 26.0 Å². The number of ether oxygens (including phenoxy) is 1.